The average Bonchev–Trinajstić information content (AvgIpc) is 2.95. The van der Waals surface area contributed by atoms with Crippen molar-refractivity contribution in [2.75, 3.05) is 44.2 Å². The van der Waals surface area contributed by atoms with Gasteiger partial charge in [-0.05, 0) is 12.0 Å². The molecule has 1 aromatic heterocycles. The lowest BCUT2D eigenvalue weighted by atomic mass is 9.95. The van der Waals surface area contributed by atoms with Crippen LogP contribution in [0.5, 0.6) is 0 Å². The van der Waals surface area contributed by atoms with Gasteiger partial charge in [-0.1, -0.05) is 26.1 Å². The number of piperazine rings is 2. The first-order chi connectivity index (χ1) is 21.2. The van der Waals surface area contributed by atoms with Crippen molar-refractivity contribution in [3.05, 3.63) is 50.8 Å². The summed E-state index contributed by atoms with van der Waals surface area (Å²) in [5, 5.41) is 23.8. The zero-order valence-corrected chi connectivity index (χ0v) is 25.9. The van der Waals surface area contributed by atoms with Crippen LogP contribution in [0, 0.1) is 16.0 Å². The normalized spacial score (nSPS) is 22.9. The predicted molar refractivity (Wildman–Crippen MR) is 153 cm³/mol. The van der Waals surface area contributed by atoms with Gasteiger partial charge in [0.15, 0.2) is 0 Å². The summed E-state index contributed by atoms with van der Waals surface area (Å²) >= 11 is 5.19. The fourth-order valence-corrected chi connectivity index (χ4v) is 7.66. The van der Waals surface area contributed by atoms with Gasteiger partial charge < -0.3 is 15.3 Å². The summed E-state index contributed by atoms with van der Waals surface area (Å²) in [6.07, 6.45) is -10.0. The third-order valence-electron chi connectivity index (χ3n) is 7.89. The highest BCUT2D eigenvalue weighted by Gasteiger charge is 2.71. The summed E-state index contributed by atoms with van der Waals surface area (Å²) < 4.78 is 109. The number of alkyl halides is 6. The highest BCUT2D eigenvalue weighted by Crippen LogP contribution is 2.49. The minimum absolute atomic E-state index is 0.00795. The van der Waals surface area contributed by atoms with E-state index in [1.54, 1.807) is 18.7 Å². The highest BCUT2D eigenvalue weighted by molar-refractivity contribution is 7.96. The van der Waals surface area contributed by atoms with Crippen LogP contribution < -0.4 is 10.2 Å². The van der Waals surface area contributed by atoms with E-state index in [1.807, 2.05) is 0 Å². The number of sulfonamides is 1. The first kappa shape index (κ1) is 35.6. The zero-order valence-electron chi connectivity index (χ0n) is 24.2. The first-order valence-corrected chi connectivity index (χ1v) is 15.6. The highest BCUT2D eigenvalue weighted by atomic mass is 32.2. The van der Waals surface area contributed by atoms with Crippen LogP contribution >= 0.6 is 12.2 Å². The van der Waals surface area contributed by atoms with Gasteiger partial charge in [0, 0.05) is 74.6 Å². The van der Waals surface area contributed by atoms with Gasteiger partial charge in [-0.3, -0.25) is 19.8 Å². The lowest BCUT2D eigenvalue weighted by molar-refractivity contribution is -0.419. The van der Waals surface area contributed by atoms with Gasteiger partial charge in [0.05, 0.1) is 17.0 Å². The maximum atomic E-state index is 13.7. The number of hydrogen-bond donors (Lipinski definition) is 2. The molecule has 0 bridgehead atoms. The van der Waals surface area contributed by atoms with E-state index in [1.165, 1.54) is 11.0 Å². The molecule has 1 aromatic rings. The SMILES string of the molecule is CC(C)C1C(=O)NCCN1C[C@H]1CN(S(=O)(=O)C2=CC([N+](=O)[O-])=CCC2=S)CCN1c1ncc(C(O)(C(F)(F)F)C(F)(F)F)cn1. The second-order valence-electron chi connectivity index (χ2n) is 11.2. The van der Waals surface area contributed by atoms with Gasteiger partial charge in [0.25, 0.3) is 11.3 Å². The summed E-state index contributed by atoms with van der Waals surface area (Å²) in [7, 11) is -4.42. The Morgan fingerprint density at radius 3 is 2.28 bits per heavy atom. The molecular formula is C25H29F6N7O6S2. The Balaban J connectivity index is 1.71. The molecule has 0 aromatic carbocycles. The van der Waals surface area contributed by atoms with E-state index in [0.29, 0.717) is 6.54 Å². The molecule has 1 aliphatic carbocycles. The molecule has 0 radical (unpaired) electrons. The van der Waals surface area contributed by atoms with Crippen molar-refractivity contribution in [3.63, 3.8) is 0 Å². The number of nitro groups is 1. The van der Waals surface area contributed by atoms with E-state index < -0.39 is 61.1 Å². The van der Waals surface area contributed by atoms with Gasteiger partial charge >= 0.3 is 12.4 Å². The number of aliphatic hydroxyl groups is 1. The van der Waals surface area contributed by atoms with Crippen molar-refractivity contribution in [2.45, 2.75) is 50.3 Å². The van der Waals surface area contributed by atoms with Crippen molar-refractivity contribution in [3.8, 4) is 0 Å². The molecule has 1 amide bonds. The molecule has 254 valence electrons. The van der Waals surface area contributed by atoms with E-state index in [-0.39, 0.29) is 74.2 Å². The van der Waals surface area contributed by atoms with Gasteiger partial charge in [-0.25, -0.2) is 18.4 Å². The molecule has 2 fully saturated rings. The summed E-state index contributed by atoms with van der Waals surface area (Å²) in [6.45, 7) is 3.34. The molecule has 2 aliphatic heterocycles. The van der Waals surface area contributed by atoms with E-state index >= 15 is 0 Å². The predicted octanol–water partition coefficient (Wildman–Crippen LogP) is 1.88. The number of allylic oxidation sites excluding steroid dienone is 3. The van der Waals surface area contributed by atoms with Crippen molar-refractivity contribution in [2.24, 2.45) is 5.92 Å². The quantitative estimate of drug-likeness (QED) is 0.176. The van der Waals surface area contributed by atoms with E-state index in [2.05, 4.69) is 15.3 Å². The number of carbonyl (C=O) groups excluding carboxylic acids is 1. The Bertz CT molecular complexity index is 1540. The second-order valence-corrected chi connectivity index (χ2v) is 13.6. The van der Waals surface area contributed by atoms with Crippen LogP contribution in [0.1, 0.15) is 25.8 Å². The van der Waals surface area contributed by atoms with Crippen LogP contribution in [-0.2, 0) is 20.4 Å². The summed E-state index contributed by atoms with van der Waals surface area (Å²) in [5.41, 5.74) is -7.39. The third kappa shape index (κ3) is 6.60. The minimum atomic E-state index is -6.15. The average molecular weight is 702 g/mol. The molecule has 2 saturated heterocycles. The van der Waals surface area contributed by atoms with Crippen molar-refractivity contribution in [1.82, 2.24) is 24.5 Å². The first-order valence-electron chi connectivity index (χ1n) is 13.8. The molecule has 13 nitrogen and oxygen atoms in total. The summed E-state index contributed by atoms with van der Waals surface area (Å²) in [6, 6.07) is -1.56. The molecule has 3 heterocycles. The molecule has 3 aliphatic rings. The van der Waals surface area contributed by atoms with E-state index in [9.17, 15) is 54.8 Å². The minimum Gasteiger partial charge on any atom is -0.369 e. The van der Waals surface area contributed by atoms with Crippen LogP contribution in [0.2, 0.25) is 0 Å². The smallest absolute Gasteiger partial charge is 0.369 e. The maximum absolute atomic E-state index is 13.7. The van der Waals surface area contributed by atoms with Gasteiger partial charge in [0.2, 0.25) is 21.9 Å². The molecule has 46 heavy (non-hydrogen) atoms. The number of thiocarbonyl (C=S) groups is 1. The molecule has 0 saturated carbocycles. The molecule has 4 rings (SSSR count). The Hall–Kier alpha value is -3.27. The number of hydrogen-bond acceptors (Lipinski definition) is 11. The molecule has 0 spiro atoms. The van der Waals surface area contributed by atoms with Crippen LogP contribution in [-0.4, -0.2) is 112 Å². The Morgan fingerprint density at radius 1 is 1.13 bits per heavy atom. The topological polar surface area (TPSA) is 162 Å². The molecular weight excluding hydrogens is 672 g/mol. The Morgan fingerprint density at radius 2 is 1.74 bits per heavy atom. The standard InChI is InChI=1S/C25H29F6N7O6S2/c1-14(2)20-21(39)32-5-6-35(20)12-17-13-36(46(43,44)19-9-16(38(41)42)3-4-18(19)45)7-8-37(17)22-33-10-15(11-34-22)23(40,24(26,27)28)25(29,30)31/h3,9-11,14,17,20,40H,4-8,12-13H2,1-2H3,(H,32,39)/t17-,20?/m0/s1. The number of halogens is 6. The fourth-order valence-electron chi connectivity index (χ4n) is 5.60. The monoisotopic (exact) mass is 701 g/mol. The number of amides is 1. The number of nitrogens with one attached hydrogen (secondary N) is 1. The Labute approximate surface area is 264 Å². The number of rotatable bonds is 8. The van der Waals surface area contributed by atoms with E-state index in [0.717, 1.165) is 10.4 Å². The number of nitrogens with zero attached hydrogens (tertiary/aromatic N) is 6. The van der Waals surface area contributed by atoms with Crippen LogP contribution in [0.4, 0.5) is 32.3 Å². The van der Waals surface area contributed by atoms with Crippen LogP contribution in [0.3, 0.4) is 0 Å². The van der Waals surface area contributed by atoms with Crippen molar-refractivity contribution >= 4 is 39.0 Å². The zero-order chi connectivity index (χ0) is 34.4. The molecule has 21 heteroatoms. The second kappa shape index (κ2) is 12.7. The fraction of sp³-hybridized carbons (Fsp3) is 0.600. The van der Waals surface area contributed by atoms with Crippen molar-refractivity contribution in [1.29, 1.82) is 0 Å². The summed E-state index contributed by atoms with van der Waals surface area (Å²) in [5.74, 6) is -0.845. The number of aromatic nitrogens is 2. The number of carbonyl (C=O) groups is 1. The Kier molecular flexibility index (Phi) is 9.85. The lowest BCUT2D eigenvalue weighted by Gasteiger charge is -2.45. The third-order valence-corrected chi connectivity index (χ3v) is 10.3. The van der Waals surface area contributed by atoms with Gasteiger partial charge in [-0.2, -0.15) is 30.6 Å². The van der Waals surface area contributed by atoms with Crippen molar-refractivity contribution < 1.29 is 49.6 Å². The lowest BCUT2D eigenvalue weighted by Crippen LogP contribution is -2.64. The van der Waals surface area contributed by atoms with Gasteiger partial charge in [0.1, 0.15) is 4.91 Å². The van der Waals surface area contributed by atoms with Crippen LogP contribution in [0.25, 0.3) is 0 Å². The summed E-state index contributed by atoms with van der Waals surface area (Å²) in [4.78, 5) is 33.3. The molecule has 2 atom stereocenters. The van der Waals surface area contributed by atoms with E-state index in [4.69, 9.17) is 12.2 Å². The largest absolute Gasteiger partial charge is 0.430 e. The molecule has 1 unspecified atom stereocenters. The maximum Gasteiger partial charge on any atom is 0.430 e. The van der Waals surface area contributed by atoms with Gasteiger partial charge in [-0.15, -0.1) is 0 Å². The molecule has 2 N–H and O–H groups in total. The van der Waals surface area contributed by atoms with Crippen LogP contribution in [0.15, 0.2) is 35.1 Å². The number of anilines is 1.